The van der Waals surface area contributed by atoms with E-state index in [1.165, 1.54) is 6.42 Å². The average molecular weight is 344 g/mol. The summed E-state index contributed by atoms with van der Waals surface area (Å²) in [5.41, 5.74) is 0. The second-order valence-corrected chi connectivity index (χ2v) is 5.87. The molecule has 0 radical (unpaired) electrons. The van der Waals surface area contributed by atoms with E-state index in [9.17, 15) is 0 Å². The summed E-state index contributed by atoms with van der Waals surface area (Å²) in [7, 11) is 0. The van der Waals surface area contributed by atoms with Gasteiger partial charge >= 0.3 is 0 Å². The van der Waals surface area contributed by atoms with E-state index in [2.05, 4.69) is 13.8 Å². The Hall–Kier alpha value is -2.04. The Bertz CT molecular complexity index is 499. The fourth-order valence-corrected chi connectivity index (χ4v) is 1.74. The van der Waals surface area contributed by atoms with Crippen molar-refractivity contribution >= 4 is 0 Å². The Kier molecular flexibility index (Phi) is 8.87. The molecule has 0 N–H and O–H groups in total. The predicted octanol–water partition coefficient (Wildman–Crippen LogP) is 4.34. The van der Waals surface area contributed by atoms with E-state index in [1.54, 1.807) is 0 Å². The van der Waals surface area contributed by atoms with Gasteiger partial charge in [0.2, 0.25) is 0 Å². The first-order valence-electron chi connectivity index (χ1n) is 8.90. The zero-order valence-electron chi connectivity index (χ0n) is 15.1. The minimum absolute atomic E-state index is 0.343. The molecule has 0 aliphatic carbocycles. The van der Waals surface area contributed by atoms with Crippen LogP contribution in [0.3, 0.4) is 0 Å². The molecule has 2 fully saturated rings. The van der Waals surface area contributed by atoms with E-state index >= 15 is 0 Å². The Balaban J connectivity index is 0.000000156. The van der Waals surface area contributed by atoms with Gasteiger partial charge in [0.1, 0.15) is 36.9 Å². The molecule has 4 nitrogen and oxygen atoms in total. The standard InChI is InChI=1S/2C9H10O2.C3H8/c2*1-2-4-8(5-3-1)10-6-9-7-11-9;1-3-2/h2*1-5,9H,6-7H2;3H2,1-2H3. The molecular formula is C21H28O4. The monoisotopic (exact) mass is 344 g/mol. The minimum Gasteiger partial charge on any atom is -0.491 e. The molecule has 2 aromatic rings. The molecule has 4 rings (SSSR count). The van der Waals surface area contributed by atoms with Crippen molar-refractivity contribution in [3.8, 4) is 11.5 Å². The third-order valence-electron chi connectivity index (χ3n) is 3.16. The van der Waals surface area contributed by atoms with E-state index in [1.807, 2.05) is 60.7 Å². The molecule has 136 valence electrons. The van der Waals surface area contributed by atoms with Crippen molar-refractivity contribution < 1.29 is 18.9 Å². The summed E-state index contributed by atoms with van der Waals surface area (Å²) in [5, 5.41) is 0. The molecule has 2 atom stereocenters. The third-order valence-corrected chi connectivity index (χ3v) is 3.16. The summed E-state index contributed by atoms with van der Waals surface area (Å²) in [6, 6.07) is 19.6. The van der Waals surface area contributed by atoms with Gasteiger partial charge in [-0.25, -0.2) is 0 Å². The summed E-state index contributed by atoms with van der Waals surface area (Å²) < 4.78 is 20.8. The molecule has 2 saturated heterocycles. The molecule has 0 amide bonds. The molecule has 2 heterocycles. The molecule has 0 bridgehead atoms. The number of rotatable bonds is 6. The summed E-state index contributed by atoms with van der Waals surface area (Å²) in [6.07, 6.45) is 1.94. The summed E-state index contributed by atoms with van der Waals surface area (Å²) in [5.74, 6) is 1.84. The van der Waals surface area contributed by atoms with Crippen LogP contribution in [0.15, 0.2) is 60.7 Å². The van der Waals surface area contributed by atoms with Crippen molar-refractivity contribution in [3.63, 3.8) is 0 Å². The van der Waals surface area contributed by atoms with Crippen LogP contribution < -0.4 is 9.47 Å². The first kappa shape index (κ1) is 19.3. The molecule has 0 aromatic heterocycles. The van der Waals surface area contributed by atoms with Gasteiger partial charge in [0.25, 0.3) is 0 Å². The van der Waals surface area contributed by atoms with E-state index in [-0.39, 0.29) is 0 Å². The number of hydrogen-bond donors (Lipinski definition) is 0. The highest BCUT2D eigenvalue weighted by atomic mass is 16.6. The average Bonchev–Trinajstić information content (AvgIpc) is 3.57. The van der Waals surface area contributed by atoms with Gasteiger partial charge in [-0.2, -0.15) is 0 Å². The normalized spacial score (nSPS) is 19.4. The van der Waals surface area contributed by atoms with Crippen LogP contribution >= 0.6 is 0 Å². The van der Waals surface area contributed by atoms with Crippen LogP contribution in [0.1, 0.15) is 20.3 Å². The topological polar surface area (TPSA) is 43.5 Å². The van der Waals surface area contributed by atoms with E-state index in [0.29, 0.717) is 25.4 Å². The van der Waals surface area contributed by atoms with Crippen molar-refractivity contribution in [2.45, 2.75) is 32.5 Å². The summed E-state index contributed by atoms with van der Waals surface area (Å²) in [6.45, 7) is 7.33. The highest BCUT2D eigenvalue weighted by molar-refractivity contribution is 5.21. The largest absolute Gasteiger partial charge is 0.491 e. The van der Waals surface area contributed by atoms with Crippen molar-refractivity contribution in [1.82, 2.24) is 0 Å². The molecule has 4 heteroatoms. The van der Waals surface area contributed by atoms with Crippen LogP contribution in [-0.4, -0.2) is 38.6 Å². The molecule has 0 spiro atoms. The lowest BCUT2D eigenvalue weighted by molar-refractivity contribution is 0.263. The highest BCUT2D eigenvalue weighted by Gasteiger charge is 2.23. The quantitative estimate of drug-likeness (QED) is 0.731. The van der Waals surface area contributed by atoms with Gasteiger partial charge in [0.05, 0.1) is 13.2 Å². The fourth-order valence-electron chi connectivity index (χ4n) is 1.74. The van der Waals surface area contributed by atoms with Crippen molar-refractivity contribution in [2.24, 2.45) is 0 Å². The molecule has 25 heavy (non-hydrogen) atoms. The van der Waals surface area contributed by atoms with Crippen molar-refractivity contribution in [2.75, 3.05) is 26.4 Å². The Morgan fingerprint density at radius 2 is 1.04 bits per heavy atom. The van der Waals surface area contributed by atoms with Gasteiger partial charge in [0.15, 0.2) is 0 Å². The maximum Gasteiger partial charge on any atom is 0.119 e. The van der Waals surface area contributed by atoms with Gasteiger partial charge < -0.3 is 18.9 Å². The molecule has 2 aromatic carbocycles. The molecular weight excluding hydrogens is 316 g/mol. The second kappa shape index (κ2) is 11.5. The SMILES string of the molecule is CCC.c1ccc(OCC2CO2)cc1.c1ccc(OCC2CO2)cc1. The van der Waals surface area contributed by atoms with Crippen molar-refractivity contribution in [1.29, 1.82) is 0 Å². The lowest BCUT2D eigenvalue weighted by atomic mass is 10.3. The van der Waals surface area contributed by atoms with Crippen LogP contribution in [0.4, 0.5) is 0 Å². The Morgan fingerprint density at radius 3 is 1.32 bits per heavy atom. The highest BCUT2D eigenvalue weighted by Crippen LogP contribution is 2.14. The van der Waals surface area contributed by atoms with Crippen LogP contribution in [-0.2, 0) is 9.47 Å². The first-order chi connectivity index (χ1) is 12.3. The predicted molar refractivity (Wildman–Crippen MR) is 99.3 cm³/mol. The molecule has 2 unspecified atom stereocenters. The molecule has 2 aliphatic heterocycles. The third kappa shape index (κ3) is 9.75. The van der Waals surface area contributed by atoms with Crippen LogP contribution in [0.2, 0.25) is 0 Å². The van der Waals surface area contributed by atoms with Gasteiger partial charge in [-0.15, -0.1) is 0 Å². The van der Waals surface area contributed by atoms with Gasteiger partial charge in [-0.1, -0.05) is 56.7 Å². The number of ether oxygens (including phenoxy) is 4. The van der Waals surface area contributed by atoms with E-state index < -0.39 is 0 Å². The first-order valence-corrected chi connectivity index (χ1v) is 8.90. The van der Waals surface area contributed by atoms with Gasteiger partial charge in [-0.05, 0) is 24.3 Å². The number of para-hydroxylation sites is 2. The summed E-state index contributed by atoms with van der Waals surface area (Å²) in [4.78, 5) is 0. The minimum atomic E-state index is 0.343. The lowest BCUT2D eigenvalue weighted by Gasteiger charge is -2.01. The lowest BCUT2D eigenvalue weighted by Crippen LogP contribution is -2.03. The number of epoxide rings is 2. The van der Waals surface area contributed by atoms with Crippen molar-refractivity contribution in [3.05, 3.63) is 60.7 Å². The maximum atomic E-state index is 5.40. The molecule has 0 saturated carbocycles. The van der Waals surface area contributed by atoms with Gasteiger partial charge in [-0.3, -0.25) is 0 Å². The Morgan fingerprint density at radius 1 is 0.720 bits per heavy atom. The maximum absolute atomic E-state index is 5.40. The fraction of sp³-hybridized carbons (Fsp3) is 0.429. The van der Waals surface area contributed by atoms with Crippen LogP contribution in [0.25, 0.3) is 0 Å². The van der Waals surface area contributed by atoms with Gasteiger partial charge in [0, 0.05) is 0 Å². The number of hydrogen-bond acceptors (Lipinski definition) is 4. The Labute approximate surface area is 150 Å². The zero-order chi connectivity index (χ0) is 17.7. The van der Waals surface area contributed by atoms with E-state index in [0.717, 1.165) is 24.7 Å². The second-order valence-electron chi connectivity index (χ2n) is 5.87. The smallest absolute Gasteiger partial charge is 0.119 e. The van der Waals surface area contributed by atoms with E-state index in [4.69, 9.17) is 18.9 Å². The van der Waals surface area contributed by atoms with Crippen LogP contribution in [0, 0.1) is 0 Å². The number of benzene rings is 2. The summed E-state index contributed by atoms with van der Waals surface area (Å²) >= 11 is 0. The zero-order valence-corrected chi connectivity index (χ0v) is 15.1. The molecule has 2 aliphatic rings. The van der Waals surface area contributed by atoms with Crippen LogP contribution in [0.5, 0.6) is 11.5 Å².